The van der Waals surface area contributed by atoms with Crippen LogP contribution in [0.4, 0.5) is 0 Å². The van der Waals surface area contributed by atoms with Crippen LogP contribution in [0.15, 0.2) is 41.2 Å². The molecule has 5 nitrogen and oxygen atoms in total. The van der Waals surface area contributed by atoms with E-state index in [4.69, 9.17) is 0 Å². The molecule has 3 rings (SSSR count). The lowest BCUT2D eigenvalue weighted by atomic mass is 10.1. The smallest absolute Gasteiger partial charge is 0.267 e. The van der Waals surface area contributed by atoms with Gasteiger partial charge in [0.25, 0.3) is 5.56 Å². The second kappa shape index (κ2) is 6.13. The predicted molar refractivity (Wildman–Crippen MR) is 83.5 cm³/mol. The van der Waals surface area contributed by atoms with Crippen molar-refractivity contribution in [3.8, 4) is 0 Å². The van der Waals surface area contributed by atoms with Crippen molar-refractivity contribution in [2.75, 3.05) is 0 Å². The fourth-order valence-corrected chi connectivity index (χ4v) is 2.27. The third-order valence-electron chi connectivity index (χ3n) is 3.79. The third kappa shape index (κ3) is 3.61. The average molecular weight is 297 g/mol. The van der Waals surface area contributed by atoms with Gasteiger partial charge >= 0.3 is 0 Å². The second-order valence-electron chi connectivity index (χ2n) is 5.79. The Balaban J connectivity index is 1.60. The molecule has 1 heterocycles. The summed E-state index contributed by atoms with van der Waals surface area (Å²) in [6, 6.07) is 11.2. The number of benzene rings is 1. The summed E-state index contributed by atoms with van der Waals surface area (Å²) in [5.74, 6) is 0.255. The number of hydrogen-bond donors (Lipinski definition) is 1. The Morgan fingerprint density at radius 3 is 2.64 bits per heavy atom. The summed E-state index contributed by atoms with van der Waals surface area (Å²) >= 11 is 0. The van der Waals surface area contributed by atoms with Crippen LogP contribution < -0.4 is 10.9 Å². The van der Waals surface area contributed by atoms with Crippen LogP contribution in [0.25, 0.3) is 0 Å². The number of amides is 1. The molecule has 1 amide bonds. The summed E-state index contributed by atoms with van der Waals surface area (Å²) in [7, 11) is 0. The third-order valence-corrected chi connectivity index (χ3v) is 3.79. The molecule has 22 heavy (non-hydrogen) atoms. The number of carbonyl (C=O) groups is 1. The molecule has 1 aromatic carbocycles. The summed E-state index contributed by atoms with van der Waals surface area (Å²) in [4.78, 5) is 23.8. The molecule has 2 aromatic rings. The Hall–Kier alpha value is -2.43. The number of hydrogen-bond acceptors (Lipinski definition) is 3. The molecule has 1 aromatic heterocycles. The molecule has 1 saturated carbocycles. The standard InChI is InChI=1S/C17H19N3O2/c1-12-2-4-13(5-3-12)10-18-16(21)11-20-17(22)9-8-15(19-20)14-6-7-14/h2-5,8-9,14H,6-7,10-11H2,1H3,(H,18,21). The molecule has 1 N–H and O–H groups in total. The quantitative estimate of drug-likeness (QED) is 0.914. The highest BCUT2D eigenvalue weighted by Crippen LogP contribution is 2.38. The van der Waals surface area contributed by atoms with Gasteiger partial charge in [-0.3, -0.25) is 9.59 Å². The zero-order valence-corrected chi connectivity index (χ0v) is 12.6. The Bertz CT molecular complexity index is 730. The van der Waals surface area contributed by atoms with Gasteiger partial charge in [0.2, 0.25) is 5.91 Å². The van der Waals surface area contributed by atoms with Gasteiger partial charge in [0.15, 0.2) is 0 Å². The first-order valence-electron chi connectivity index (χ1n) is 7.52. The molecule has 114 valence electrons. The van der Waals surface area contributed by atoms with Crippen molar-refractivity contribution < 1.29 is 4.79 Å². The number of carbonyl (C=O) groups excluding carboxylic acids is 1. The van der Waals surface area contributed by atoms with Crippen molar-refractivity contribution in [2.45, 2.75) is 38.8 Å². The zero-order chi connectivity index (χ0) is 15.5. The summed E-state index contributed by atoms with van der Waals surface area (Å²) < 4.78 is 1.25. The van der Waals surface area contributed by atoms with E-state index < -0.39 is 0 Å². The van der Waals surface area contributed by atoms with E-state index in [1.165, 1.54) is 16.3 Å². The Kier molecular flexibility index (Phi) is 4.04. The molecule has 0 bridgehead atoms. The molecule has 0 unspecified atom stereocenters. The molecule has 0 radical (unpaired) electrons. The lowest BCUT2D eigenvalue weighted by Gasteiger charge is -2.08. The molecule has 0 spiro atoms. The van der Waals surface area contributed by atoms with Crippen LogP contribution in [0.3, 0.4) is 0 Å². The van der Waals surface area contributed by atoms with Crippen molar-refractivity contribution in [2.24, 2.45) is 0 Å². The highest BCUT2D eigenvalue weighted by atomic mass is 16.2. The largest absolute Gasteiger partial charge is 0.350 e. The molecular weight excluding hydrogens is 278 g/mol. The maximum absolute atomic E-state index is 12.0. The summed E-state index contributed by atoms with van der Waals surface area (Å²) in [5, 5.41) is 7.10. The minimum atomic E-state index is -0.241. The van der Waals surface area contributed by atoms with Gasteiger partial charge in [-0.2, -0.15) is 5.10 Å². The molecule has 0 saturated heterocycles. The number of nitrogens with one attached hydrogen (secondary N) is 1. The van der Waals surface area contributed by atoms with Crippen LogP contribution in [-0.4, -0.2) is 15.7 Å². The van der Waals surface area contributed by atoms with Gasteiger partial charge in [0.1, 0.15) is 6.54 Å². The normalized spacial score (nSPS) is 13.9. The molecular formula is C17H19N3O2. The lowest BCUT2D eigenvalue weighted by molar-refractivity contribution is -0.122. The topological polar surface area (TPSA) is 64.0 Å². The van der Waals surface area contributed by atoms with E-state index in [0.29, 0.717) is 12.5 Å². The van der Waals surface area contributed by atoms with Crippen LogP contribution in [-0.2, 0) is 17.9 Å². The van der Waals surface area contributed by atoms with Crippen molar-refractivity contribution >= 4 is 5.91 Å². The Labute approximate surface area is 129 Å². The van der Waals surface area contributed by atoms with E-state index >= 15 is 0 Å². The van der Waals surface area contributed by atoms with Crippen LogP contribution in [0.5, 0.6) is 0 Å². The molecule has 1 aliphatic carbocycles. The molecule has 5 heteroatoms. The molecule has 1 aliphatic rings. The van der Waals surface area contributed by atoms with Gasteiger partial charge in [-0.25, -0.2) is 4.68 Å². The van der Waals surface area contributed by atoms with E-state index in [9.17, 15) is 9.59 Å². The van der Waals surface area contributed by atoms with Gasteiger partial charge < -0.3 is 5.32 Å². The maximum Gasteiger partial charge on any atom is 0.267 e. The van der Waals surface area contributed by atoms with Crippen LogP contribution in [0.1, 0.15) is 35.6 Å². The SMILES string of the molecule is Cc1ccc(CNC(=O)Cn2nc(C3CC3)ccc2=O)cc1. The summed E-state index contributed by atoms with van der Waals surface area (Å²) in [5.41, 5.74) is 2.88. The van der Waals surface area contributed by atoms with Gasteiger partial charge in [0, 0.05) is 18.5 Å². The van der Waals surface area contributed by atoms with E-state index in [-0.39, 0.29) is 18.0 Å². The summed E-state index contributed by atoms with van der Waals surface area (Å²) in [6.07, 6.45) is 2.23. The van der Waals surface area contributed by atoms with E-state index in [0.717, 1.165) is 24.1 Å². The van der Waals surface area contributed by atoms with E-state index in [2.05, 4.69) is 10.4 Å². The first-order valence-corrected chi connectivity index (χ1v) is 7.52. The zero-order valence-electron chi connectivity index (χ0n) is 12.6. The van der Waals surface area contributed by atoms with Gasteiger partial charge in [-0.15, -0.1) is 0 Å². The fourth-order valence-electron chi connectivity index (χ4n) is 2.27. The van der Waals surface area contributed by atoms with E-state index in [1.54, 1.807) is 6.07 Å². The number of rotatable bonds is 5. The monoisotopic (exact) mass is 297 g/mol. The van der Waals surface area contributed by atoms with Crippen molar-refractivity contribution in [3.63, 3.8) is 0 Å². The summed E-state index contributed by atoms with van der Waals surface area (Å²) in [6.45, 7) is 2.44. The van der Waals surface area contributed by atoms with Crippen LogP contribution >= 0.6 is 0 Å². The van der Waals surface area contributed by atoms with Crippen LogP contribution in [0, 0.1) is 6.92 Å². The Morgan fingerprint density at radius 1 is 1.23 bits per heavy atom. The number of nitrogens with zero attached hydrogens (tertiary/aromatic N) is 2. The Morgan fingerprint density at radius 2 is 1.95 bits per heavy atom. The average Bonchev–Trinajstić information content (AvgIpc) is 3.34. The van der Waals surface area contributed by atoms with Crippen LogP contribution in [0.2, 0.25) is 0 Å². The lowest BCUT2D eigenvalue weighted by Crippen LogP contribution is -2.33. The first kappa shape index (κ1) is 14.5. The van der Waals surface area contributed by atoms with Crippen molar-refractivity contribution in [1.82, 2.24) is 15.1 Å². The molecule has 1 fully saturated rings. The van der Waals surface area contributed by atoms with Gasteiger partial charge in [-0.05, 0) is 31.4 Å². The number of aromatic nitrogens is 2. The van der Waals surface area contributed by atoms with E-state index in [1.807, 2.05) is 31.2 Å². The van der Waals surface area contributed by atoms with Crippen molar-refractivity contribution in [3.05, 3.63) is 63.6 Å². The highest BCUT2D eigenvalue weighted by molar-refractivity contribution is 5.75. The minimum absolute atomic E-state index is 0.0365. The van der Waals surface area contributed by atoms with Crippen molar-refractivity contribution in [1.29, 1.82) is 0 Å². The second-order valence-corrected chi connectivity index (χ2v) is 5.79. The predicted octanol–water partition coefficient (Wildman–Crippen LogP) is 1.75. The molecule has 0 atom stereocenters. The highest BCUT2D eigenvalue weighted by Gasteiger charge is 2.25. The van der Waals surface area contributed by atoms with Gasteiger partial charge in [0.05, 0.1) is 5.69 Å². The maximum atomic E-state index is 12.0. The first-order chi connectivity index (χ1) is 10.6. The minimum Gasteiger partial charge on any atom is -0.350 e. The fraction of sp³-hybridized carbons (Fsp3) is 0.353. The number of aryl methyl sites for hydroxylation is 1. The van der Waals surface area contributed by atoms with Gasteiger partial charge in [-0.1, -0.05) is 29.8 Å². The molecule has 0 aliphatic heterocycles.